The molecule has 7 nitrogen and oxygen atoms in total. The monoisotopic (exact) mass is 449 g/mol. The van der Waals surface area contributed by atoms with Crippen LogP contribution in [0.1, 0.15) is 16.1 Å². The van der Waals surface area contributed by atoms with Crippen LogP contribution < -0.4 is 5.32 Å². The molecule has 0 atom stereocenters. The topological polar surface area (TPSA) is 85.8 Å². The first-order chi connectivity index (χ1) is 15.0. The van der Waals surface area contributed by atoms with Gasteiger partial charge < -0.3 is 4.42 Å². The molecule has 0 radical (unpaired) electrons. The number of carbonyl (C=O) groups excluding carboxylic acids is 1. The van der Waals surface area contributed by atoms with Gasteiger partial charge >= 0.3 is 0 Å². The Kier molecular flexibility index (Phi) is 4.80. The number of thiazole rings is 1. The number of furan rings is 1. The number of aromatic nitrogens is 4. The largest absolute Gasteiger partial charge is 0.463 e. The van der Waals surface area contributed by atoms with Crippen molar-refractivity contribution >= 4 is 45.0 Å². The number of rotatable bonds is 4. The van der Waals surface area contributed by atoms with Crippen molar-refractivity contribution < 1.29 is 9.21 Å². The van der Waals surface area contributed by atoms with Crippen molar-refractivity contribution in [3.8, 4) is 22.7 Å². The van der Waals surface area contributed by atoms with Gasteiger partial charge in [-0.3, -0.25) is 14.8 Å². The summed E-state index contributed by atoms with van der Waals surface area (Å²) in [5, 5.41) is 11.0. The van der Waals surface area contributed by atoms with Crippen molar-refractivity contribution in [2.24, 2.45) is 7.05 Å². The zero-order chi connectivity index (χ0) is 21.5. The minimum Gasteiger partial charge on any atom is -0.463 e. The summed E-state index contributed by atoms with van der Waals surface area (Å²) in [4.78, 5) is 22.4. The van der Waals surface area contributed by atoms with Crippen LogP contribution in [0.15, 0.2) is 58.5 Å². The minimum absolute atomic E-state index is 0.295. The lowest BCUT2D eigenvalue weighted by Gasteiger charge is -2.07. The van der Waals surface area contributed by atoms with Crippen LogP contribution in [-0.2, 0) is 7.05 Å². The second-order valence-corrected chi connectivity index (χ2v) is 8.18. The molecule has 31 heavy (non-hydrogen) atoms. The summed E-state index contributed by atoms with van der Waals surface area (Å²) in [6.07, 6.45) is 1.57. The predicted octanol–water partition coefficient (Wildman–Crippen LogP) is 5.57. The first-order valence-electron chi connectivity index (χ1n) is 9.41. The molecule has 0 aliphatic carbocycles. The Labute approximate surface area is 186 Å². The van der Waals surface area contributed by atoms with E-state index in [1.54, 1.807) is 36.2 Å². The van der Waals surface area contributed by atoms with E-state index < -0.39 is 0 Å². The summed E-state index contributed by atoms with van der Waals surface area (Å²) in [5.74, 6) is 0.279. The summed E-state index contributed by atoms with van der Waals surface area (Å²) < 4.78 is 7.14. The number of pyridine rings is 1. The highest BCUT2D eigenvalue weighted by Crippen LogP contribution is 2.31. The number of aryl methyl sites for hydroxylation is 2. The van der Waals surface area contributed by atoms with Crippen LogP contribution in [0, 0.1) is 6.92 Å². The second-order valence-electron chi connectivity index (χ2n) is 6.91. The van der Waals surface area contributed by atoms with E-state index in [1.807, 2.05) is 36.6 Å². The number of nitrogens with one attached hydrogen (secondary N) is 1. The highest BCUT2D eigenvalue weighted by molar-refractivity contribution is 7.14. The van der Waals surface area contributed by atoms with Crippen LogP contribution in [0.3, 0.4) is 0 Å². The molecule has 4 heterocycles. The molecule has 5 rings (SSSR count). The fraction of sp³-hybridized carbons (Fsp3) is 0.0909. The van der Waals surface area contributed by atoms with Gasteiger partial charge in [-0.2, -0.15) is 5.10 Å². The minimum atomic E-state index is -0.295. The molecule has 1 aromatic carbocycles. The van der Waals surface area contributed by atoms with Crippen molar-refractivity contribution in [2.75, 3.05) is 5.32 Å². The summed E-state index contributed by atoms with van der Waals surface area (Å²) >= 11 is 7.61. The van der Waals surface area contributed by atoms with Gasteiger partial charge in [0.15, 0.2) is 16.5 Å². The Hall–Kier alpha value is -3.49. The fourth-order valence-electron chi connectivity index (χ4n) is 3.46. The van der Waals surface area contributed by atoms with Gasteiger partial charge in [-0.1, -0.05) is 29.8 Å². The average Bonchev–Trinajstić information content (AvgIpc) is 3.50. The zero-order valence-electron chi connectivity index (χ0n) is 16.6. The number of amides is 1. The van der Waals surface area contributed by atoms with E-state index in [1.165, 1.54) is 11.3 Å². The highest BCUT2D eigenvalue weighted by atomic mass is 35.5. The van der Waals surface area contributed by atoms with E-state index in [4.69, 9.17) is 16.0 Å². The van der Waals surface area contributed by atoms with Gasteiger partial charge in [0, 0.05) is 23.0 Å². The molecule has 0 bridgehead atoms. The molecule has 1 N–H and O–H groups in total. The van der Waals surface area contributed by atoms with Crippen molar-refractivity contribution in [3.05, 3.63) is 70.4 Å². The first kappa shape index (κ1) is 19.5. The quantitative estimate of drug-likeness (QED) is 0.388. The number of anilines is 1. The van der Waals surface area contributed by atoms with Crippen LogP contribution in [0.25, 0.3) is 33.7 Å². The SMILES string of the molecule is Cc1nn(C)c2nc(-c3ccco3)cc(C(=O)Nc3nc(-c4ccccc4Cl)cs3)c12. The van der Waals surface area contributed by atoms with E-state index in [-0.39, 0.29) is 5.91 Å². The Balaban J connectivity index is 1.54. The smallest absolute Gasteiger partial charge is 0.258 e. The second kappa shape index (κ2) is 7.64. The summed E-state index contributed by atoms with van der Waals surface area (Å²) in [5.41, 5.74) is 3.86. The van der Waals surface area contributed by atoms with Crippen molar-refractivity contribution in [2.45, 2.75) is 6.92 Å². The lowest BCUT2D eigenvalue weighted by Crippen LogP contribution is -2.13. The van der Waals surface area contributed by atoms with Gasteiger partial charge in [-0.15, -0.1) is 11.3 Å². The predicted molar refractivity (Wildman–Crippen MR) is 121 cm³/mol. The van der Waals surface area contributed by atoms with Crippen LogP contribution in [0.5, 0.6) is 0 Å². The maximum atomic E-state index is 13.3. The van der Waals surface area contributed by atoms with Gasteiger partial charge in [0.1, 0.15) is 5.69 Å². The number of fused-ring (bicyclic) bond motifs is 1. The summed E-state index contributed by atoms with van der Waals surface area (Å²) in [7, 11) is 1.80. The molecule has 154 valence electrons. The van der Waals surface area contributed by atoms with Gasteiger partial charge in [0.2, 0.25) is 0 Å². The number of hydrogen-bond acceptors (Lipinski definition) is 6. The molecule has 0 aliphatic rings. The van der Waals surface area contributed by atoms with Crippen LogP contribution in [0.4, 0.5) is 5.13 Å². The molecule has 0 aliphatic heterocycles. The molecule has 1 amide bonds. The van der Waals surface area contributed by atoms with Crippen molar-refractivity contribution in [1.29, 1.82) is 0 Å². The molecule has 0 fully saturated rings. The number of carbonyl (C=O) groups is 1. The molecule has 0 saturated heterocycles. The number of halogens is 1. The molecular weight excluding hydrogens is 434 g/mol. The molecule has 0 unspecified atom stereocenters. The van der Waals surface area contributed by atoms with Gasteiger partial charge in [-0.25, -0.2) is 9.97 Å². The lowest BCUT2D eigenvalue weighted by molar-refractivity contribution is 0.102. The number of nitrogens with zero attached hydrogens (tertiary/aromatic N) is 4. The lowest BCUT2D eigenvalue weighted by atomic mass is 10.1. The molecule has 5 aromatic rings. The highest BCUT2D eigenvalue weighted by Gasteiger charge is 2.21. The standard InChI is InChI=1S/C22H16ClN5O2S/c1-12-19-14(10-16(18-8-5-9-30-18)24-20(19)28(2)27-12)21(29)26-22-25-17(11-31-22)13-6-3-4-7-15(13)23/h3-11H,1-2H3,(H,25,26,29). The van der Waals surface area contributed by atoms with E-state index >= 15 is 0 Å². The third-order valence-electron chi connectivity index (χ3n) is 4.86. The number of hydrogen-bond donors (Lipinski definition) is 1. The van der Waals surface area contributed by atoms with Crippen LogP contribution in [-0.4, -0.2) is 25.7 Å². The van der Waals surface area contributed by atoms with Crippen molar-refractivity contribution in [1.82, 2.24) is 19.7 Å². The Morgan fingerprint density at radius 2 is 2.00 bits per heavy atom. The maximum Gasteiger partial charge on any atom is 0.258 e. The normalized spacial score (nSPS) is 11.2. The zero-order valence-corrected chi connectivity index (χ0v) is 18.2. The van der Waals surface area contributed by atoms with Gasteiger partial charge in [0.05, 0.1) is 28.6 Å². The van der Waals surface area contributed by atoms with Crippen LogP contribution >= 0.6 is 22.9 Å². The van der Waals surface area contributed by atoms with Crippen molar-refractivity contribution in [3.63, 3.8) is 0 Å². The Morgan fingerprint density at radius 1 is 1.16 bits per heavy atom. The molecule has 4 aromatic heterocycles. The molecule has 0 saturated carbocycles. The molecule has 0 spiro atoms. The van der Waals surface area contributed by atoms with E-state index in [9.17, 15) is 4.79 Å². The number of benzene rings is 1. The molecule has 9 heteroatoms. The van der Waals surface area contributed by atoms with Gasteiger partial charge in [-0.05, 0) is 31.2 Å². The van der Waals surface area contributed by atoms with Crippen LogP contribution in [0.2, 0.25) is 5.02 Å². The van der Waals surface area contributed by atoms with E-state index in [2.05, 4.69) is 20.4 Å². The summed E-state index contributed by atoms with van der Waals surface area (Å²) in [6.45, 7) is 1.85. The fourth-order valence-corrected chi connectivity index (χ4v) is 4.40. The Bertz CT molecular complexity index is 1420. The Morgan fingerprint density at radius 3 is 2.77 bits per heavy atom. The average molecular weight is 450 g/mol. The van der Waals surface area contributed by atoms with E-state index in [0.29, 0.717) is 43.9 Å². The third kappa shape index (κ3) is 3.49. The maximum absolute atomic E-state index is 13.3. The van der Waals surface area contributed by atoms with Gasteiger partial charge in [0.25, 0.3) is 5.91 Å². The molecular formula is C22H16ClN5O2S. The first-order valence-corrected chi connectivity index (χ1v) is 10.7. The third-order valence-corrected chi connectivity index (χ3v) is 5.95. The summed E-state index contributed by atoms with van der Waals surface area (Å²) in [6, 6.07) is 12.8. The van der Waals surface area contributed by atoms with E-state index in [0.717, 1.165) is 11.3 Å².